The number of hydrogen-bond acceptors (Lipinski definition) is 4. The Labute approximate surface area is 523 Å². The van der Waals surface area contributed by atoms with Crippen molar-refractivity contribution in [2.45, 2.75) is 77.0 Å². The van der Waals surface area contributed by atoms with Crippen molar-refractivity contribution in [3.05, 3.63) is 384 Å². The molecule has 12 rings (SSSR count). The second-order valence-corrected chi connectivity index (χ2v) is 23.7. The average Bonchev–Trinajstić information content (AvgIpc) is 3.54. The highest BCUT2D eigenvalue weighted by Gasteiger charge is 2.26. The quantitative estimate of drug-likeness (QED) is 0.0966. The van der Waals surface area contributed by atoms with Gasteiger partial charge in [0.2, 0.25) is 0 Å². The number of benzene rings is 12. The van der Waals surface area contributed by atoms with E-state index in [2.05, 4.69) is 225 Å². The van der Waals surface area contributed by atoms with Crippen LogP contribution in [-0.2, 0) is 21.7 Å². The van der Waals surface area contributed by atoms with Crippen LogP contribution in [0.5, 0.6) is 46.0 Å². The summed E-state index contributed by atoms with van der Waals surface area (Å²) in [6.45, 7) is 18.0. The minimum atomic E-state index is -0.128. The van der Waals surface area contributed by atoms with E-state index >= 15 is 0 Å². The number of hydrogen-bond donors (Lipinski definition) is 0. The van der Waals surface area contributed by atoms with E-state index in [-0.39, 0.29) is 21.7 Å². The molecule has 0 unspecified atom stereocenters. The second-order valence-electron chi connectivity index (χ2n) is 23.7. The van der Waals surface area contributed by atoms with Gasteiger partial charge in [0.25, 0.3) is 0 Å². The fraction of sp³-hybridized carbons (Fsp3) is 0.143. The van der Waals surface area contributed by atoms with Crippen LogP contribution in [0.3, 0.4) is 0 Å². The van der Waals surface area contributed by atoms with Gasteiger partial charge in [-0.3, -0.25) is 0 Å². The molecule has 0 aromatic heterocycles. The van der Waals surface area contributed by atoms with Crippen LogP contribution in [0, 0.1) is 0 Å². The van der Waals surface area contributed by atoms with Crippen molar-refractivity contribution >= 4 is 0 Å². The summed E-state index contributed by atoms with van der Waals surface area (Å²) in [5.74, 6) is 6.71. The van der Waals surface area contributed by atoms with E-state index in [0.717, 1.165) is 46.0 Å². The van der Waals surface area contributed by atoms with E-state index in [0.29, 0.717) is 0 Å². The molecular formula is C84H80O4. The lowest BCUT2D eigenvalue weighted by atomic mass is 9.78. The summed E-state index contributed by atoms with van der Waals surface area (Å²) >= 11 is 0. The first-order chi connectivity index (χ1) is 42.6. The molecule has 0 heterocycles. The summed E-state index contributed by atoms with van der Waals surface area (Å²) in [6, 6.07) is 115. The second kappa shape index (κ2) is 29.8. The monoisotopic (exact) mass is 1150 g/mol. The summed E-state index contributed by atoms with van der Waals surface area (Å²) in [5, 5.41) is 0. The SMILES string of the molecule is CC(C)(c1ccc(Oc2ccccc2)cc1)c1ccc(Oc2ccccc2)cc1.CC(C)(c1ccc(Oc2ccccc2)cc1)c1ccc(Oc2ccccc2)cc1.CC(C)(c1ccccc1)c1ccccc1.CC(C)(c1ccccc1)c1ccccc1. The van der Waals surface area contributed by atoms with Crippen molar-refractivity contribution in [3.63, 3.8) is 0 Å². The summed E-state index contributed by atoms with van der Waals surface area (Å²) in [6.07, 6.45) is 0. The largest absolute Gasteiger partial charge is 0.457 e. The Morgan fingerprint density at radius 2 is 0.250 bits per heavy atom. The van der Waals surface area contributed by atoms with Crippen molar-refractivity contribution < 1.29 is 18.9 Å². The Balaban J connectivity index is 0.000000146. The van der Waals surface area contributed by atoms with Gasteiger partial charge in [-0.25, -0.2) is 0 Å². The zero-order valence-electron chi connectivity index (χ0n) is 52.0. The van der Waals surface area contributed by atoms with Gasteiger partial charge in [-0.05, 0) is 142 Å². The Morgan fingerprint density at radius 1 is 0.136 bits per heavy atom. The highest BCUT2D eigenvalue weighted by Crippen LogP contribution is 2.38. The fourth-order valence-electron chi connectivity index (χ4n) is 10.3. The lowest BCUT2D eigenvalue weighted by Gasteiger charge is -2.26. The van der Waals surface area contributed by atoms with Crippen LogP contribution in [0.4, 0.5) is 0 Å². The van der Waals surface area contributed by atoms with Crippen LogP contribution in [-0.4, -0.2) is 0 Å². The molecule has 0 N–H and O–H groups in total. The summed E-state index contributed by atoms with van der Waals surface area (Å²) in [5.41, 5.74) is 10.3. The molecule has 0 aliphatic carbocycles. The lowest BCUT2D eigenvalue weighted by Crippen LogP contribution is -2.18. The molecule has 0 saturated heterocycles. The van der Waals surface area contributed by atoms with Crippen molar-refractivity contribution in [3.8, 4) is 46.0 Å². The Hall–Kier alpha value is -10.2. The highest BCUT2D eigenvalue weighted by molar-refractivity contribution is 5.46. The molecule has 0 bridgehead atoms. The number of para-hydroxylation sites is 4. The predicted octanol–water partition coefficient (Wildman–Crippen LogP) is 23.2. The van der Waals surface area contributed by atoms with Gasteiger partial charge in [0.15, 0.2) is 0 Å². The molecule has 12 aromatic carbocycles. The number of rotatable bonds is 16. The smallest absolute Gasteiger partial charge is 0.127 e. The van der Waals surface area contributed by atoms with Crippen LogP contribution in [0.2, 0.25) is 0 Å². The van der Waals surface area contributed by atoms with Gasteiger partial charge in [-0.15, -0.1) is 0 Å². The minimum absolute atomic E-state index is 0.0858. The molecule has 0 radical (unpaired) electrons. The lowest BCUT2D eigenvalue weighted by molar-refractivity contribution is 0.480. The molecule has 440 valence electrons. The maximum atomic E-state index is 5.91. The van der Waals surface area contributed by atoms with Crippen LogP contribution in [0.15, 0.2) is 340 Å². The summed E-state index contributed by atoms with van der Waals surface area (Å²) < 4.78 is 23.6. The Bertz CT molecular complexity index is 3390. The summed E-state index contributed by atoms with van der Waals surface area (Å²) in [7, 11) is 0. The van der Waals surface area contributed by atoms with Crippen LogP contribution >= 0.6 is 0 Å². The minimum Gasteiger partial charge on any atom is -0.457 e. The third-order valence-electron chi connectivity index (χ3n) is 16.2. The first kappa shape index (κ1) is 62.4. The topological polar surface area (TPSA) is 36.9 Å². The maximum Gasteiger partial charge on any atom is 0.127 e. The normalized spacial score (nSPS) is 11.2. The zero-order chi connectivity index (χ0) is 61.7. The first-order valence-electron chi connectivity index (χ1n) is 30.2. The van der Waals surface area contributed by atoms with Gasteiger partial charge in [0, 0.05) is 21.7 Å². The van der Waals surface area contributed by atoms with Gasteiger partial charge in [-0.2, -0.15) is 0 Å². The van der Waals surface area contributed by atoms with Crippen molar-refractivity contribution in [1.82, 2.24) is 0 Å². The molecule has 12 aromatic rings. The predicted molar refractivity (Wildman–Crippen MR) is 366 cm³/mol. The highest BCUT2D eigenvalue weighted by atomic mass is 16.5. The van der Waals surface area contributed by atoms with E-state index in [4.69, 9.17) is 18.9 Å². The number of ether oxygens (including phenoxy) is 4. The van der Waals surface area contributed by atoms with Gasteiger partial charge >= 0.3 is 0 Å². The molecule has 0 aliphatic rings. The maximum absolute atomic E-state index is 5.91. The van der Waals surface area contributed by atoms with Crippen molar-refractivity contribution in [2.75, 3.05) is 0 Å². The standard InChI is InChI=1S/2C27H24O2.2C15H16/c2*1-27(2,21-13-17-25(18-14-21)28-23-9-5-3-6-10-23)22-15-19-26(20-16-22)29-24-11-7-4-8-12-24;2*1-15(2,13-9-5-3-6-10-13)14-11-7-4-8-12-14/h2*3-20H,1-2H3;2*3-12H,1-2H3. The molecule has 4 nitrogen and oxygen atoms in total. The molecule has 0 saturated carbocycles. The van der Waals surface area contributed by atoms with Gasteiger partial charge in [0.05, 0.1) is 0 Å². The third-order valence-corrected chi connectivity index (χ3v) is 16.2. The van der Waals surface area contributed by atoms with Crippen LogP contribution in [0.25, 0.3) is 0 Å². The van der Waals surface area contributed by atoms with Crippen molar-refractivity contribution in [1.29, 1.82) is 0 Å². The average molecular weight is 1150 g/mol. The van der Waals surface area contributed by atoms with E-state index in [1.807, 2.05) is 170 Å². The molecule has 88 heavy (non-hydrogen) atoms. The van der Waals surface area contributed by atoms with E-state index in [1.165, 1.54) is 44.5 Å². The Kier molecular flexibility index (Phi) is 21.1. The summed E-state index contributed by atoms with van der Waals surface area (Å²) in [4.78, 5) is 0. The van der Waals surface area contributed by atoms with E-state index in [9.17, 15) is 0 Å². The van der Waals surface area contributed by atoms with Crippen LogP contribution in [0.1, 0.15) is 99.9 Å². The molecule has 0 spiro atoms. The van der Waals surface area contributed by atoms with Gasteiger partial charge in [0.1, 0.15) is 46.0 Å². The molecular weight excluding hydrogens is 1070 g/mol. The van der Waals surface area contributed by atoms with Crippen molar-refractivity contribution in [2.24, 2.45) is 0 Å². The third kappa shape index (κ3) is 17.1. The van der Waals surface area contributed by atoms with Gasteiger partial charge < -0.3 is 18.9 Å². The van der Waals surface area contributed by atoms with Gasteiger partial charge in [-0.1, -0.05) is 298 Å². The van der Waals surface area contributed by atoms with Crippen LogP contribution < -0.4 is 18.9 Å². The van der Waals surface area contributed by atoms with E-state index in [1.54, 1.807) is 0 Å². The molecule has 0 fully saturated rings. The fourth-order valence-corrected chi connectivity index (χ4v) is 10.3. The zero-order valence-corrected chi connectivity index (χ0v) is 52.0. The molecule has 0 atom stereocenters. The molecule has 4 heteroatoms. The molecule has 0 aliphatic heterocycles. The molecule has 0 amide bonds. The first-order valence-corrected chi connectivity index (χ1v) is 30.2. The van der Waals surface area contributed by atoms with E-state index < -0.39 is 0 Å². The Morgan fingerprint density at radius 3 is 0.398 bits per heavy atom.